The Morgan fingerprint density at radius 3 is 2.29 bits per heavy atom. The molecule has 0 saturated carbocycles. The van der Waals surface area contributed by atoms with E-state index in [2.05, 4.69) is 24.8 Å². The summed E-state index contributed by atoms with van der Waals surface area (Å²) >= 11 is 0. The number of halogens is 3. The normalized spacial score (nSPS) is 19.9. The van der Waals surface area contributed by atoms with Crippen LogP contribution in [0.1, 0.15) is 53.6 Å². The minimum absolute atomic E-state index is 0.00197. The molecular formula is C49H49F3N10O9S. The first-order chi connectivity index (χ1) is 34.7. The number of nitrogens with one attached hydrogen (secondary N) is 2. The third kappa shape index (κ3) is 10.0. The van der Waals surface area contributed by atoms with Gasteiger partial charge in [-0.15, -0.1) is 0 Å². The van der Waals surface area contributed by atoms with Gasteiger partial charge in [0.05, 0.1) is 34.5 Å². The number of piperidine rings is 2. The highest BCUT2D eigenvalue weighted by Crippen LogP contribution is 2.37. The van der Waals surface area contributed by atoms with E-state index < -0.39 is 62.7 Å². The van der Waals surface area contributed by atoms with Crippen LogP contribution in [0.5, 0.6) is 11.5 Å². The molecule has 0 spiro atoms. The zero-order valence-electron chi connectivity index (χ0n) is 38.7. The first-order valence-corrected chi connectivity index (χ1v) is 24.8. The van der Waals surface area contributed by atoms with Crippen LogP contribution in [0.4, 0.5) is 30.2 Å². The Hall–Kier alpha value is -7.55. The van der Waals surface area contributed by atoms with E-state index in [0.717, 1.165) is 67.7 Å². The van der Waals surface area contributed by atoms with E-state index in [0.29, 0.717) is 41.5 Å². The molecule has 10 rings (SSSR count). The zero-order chi connectivity index (χ0) is 50.8. The van der Waals surface area contributed by atoms with Gasteiger partial charge in [0, 0.05) is 82.1 Å². The van der Waals surface area contributed by atoms with Crippen molar-refractivity contribution < 1.29 is 50.6 Å². The van der Waals surface area contributed by atoms with Gasteiger partial charge in [-0.05, 0) is 98.3 Å². The number of carboxylic acid groups (broad SMARTS) is 1. The van der Waals surface area contributed by atoms with Crippen LogP contribution in [-0.4, -0.2) is 132 Å². The Labute approximate surface area is 411 Å². The average molecular weight is 1010 g/mol. The largest absolute Gasteiger partial charge is 0.483 e. The van der Waals surface area contributed by atoms with Crippen LogP contribution in [0.2, 0.25) is 0 Å². The summed E-state index contributed by atoms with van der Waals surface area (Å²) in [5.41, 5.74) is 1.80. The van der Waals surface area contributed by atoms with E-state index in [1.807, 2.05) is 29.2 Å². The average Bonchev–Trinajstić information content (AvgIpc) is 3.97. The predicted octanol–water partition coefficient (Wildman–Crippen LogP) is 4.53. The molecule has 3 amide bonds. The maximum atomic E-state index is 16.0. The monoisotopic (exact) mass is 1010 g/mol. The Bertz CT molecular complexity index is 3160. The topological polar surface area (TPSA) is 231 Å². The second kappa shape index (κ2) is 20.7. The number of anilines is 3. The molecular weight excluding hydrogens is 962 g/mol. The highest BCUT2D eigenvalue weighted by atomic mass is 32.2. The van der Waals surface area contributed by atoms with Crippen molar-refractivity contribution in [2.45, 2.75) is 50.9 Å². The second-order valence-electron chi connectivity index (χ2n) is 18.1. The summed E-state index contributed by atoms with van der Waals surface area (Å²) in [6.45, 7) is 4.96. The number of benzene rings is 4. The lowest BCUT2D eigenvalue weighted by molar-refractivity contribution is -0.137. The van der Waals surface area contributed by atoms with Crippen molar-refractivity contribution in [2.24, 2.45) is 5.92 Å². The molecule has 4 fully saturated rings. The quantitative estimate of drug-likeness (QED) is 0.122. The molecule has 2 atom stereocenters. The molecule has 0 aliphatic carbocycles. The van der Waals surface area contributed by atoms with Crippen LogP contribution in [0, 0.1) is 28.9 Å². The van der Waals surface area contributed by atoms with Gasteiger partial charge in [-0.3, -0.25) is 43.5 Å². The number of carbonyl (C=O) groups excluding carboxylic acids is 3. The van der Waals surface area contributed by atoms with Gasteiger partial charge >= 0.3 is 10.2 Å². The van der Waals surface area contributed by atoms with E-state index >= 15 is 8.78 Å². The number of ether oxygens (including phenoxy) is 1. The number of alkyl halides is 1. The van der Waals surface area contributed by atoms with Crippen molar-refractivity contribution in [3.8, 4) is 23.3 Å². The molecule has 0 radical (unpaired) electrons. The lowest BCUT2D eigenvalue weighted by Gasteiger charge is -2.40. The molecule has 19 nitrogen and oxygen atoms in total. The predicted molar refractivity (Wildman–Crippen MR) is 257 cm³/mol. The van der Waals surface area contributed by atoms with E-state index in [-0.39, 0.29) is 73.7 Å². The minimum Gasteiger partial charge on any atom is -0.483 e. The molecule has 0 bridgehead atoms. The van der Waals surface area contributed by atoms with Gasteiger partial charge in [0.25, 0.3) is 17.9 Å². The van der Waals surface area contributed by atoms with Crippen molar-refractivity contribution in [1.82, 2.24) is 29.0 Å². The molecule has 0 unspecified atom stereocenters. The summed E-state index contributed by atoms with van der Waals surface area (Å²) in [5, 5.41) is 19.3. The summed E-state index contributed by atoms with van der Waals surface area (Å²) in [5.74, 6) is -2.79. The minimum atomic E-state index is -4.25. The number of piperazine rings is 1. The lowest BCUT2D eigenvalue weighted by atomic mass is 9.95. The summed E-state index contributed by atoms with van der Waals surface area (Å²) in [6, 6.07) is 18.2. The molecule has 5 aliphatic rings. The molecule has 376 valence electrons. The lowest BCUT2D eigenvalue weighted by Crippen LogP contribution is -2.52. The van der Waals surface area contributed by atoms with Gasteiger partial charge in [0.2, 0.25) is 11.8 Å². The van der Waals surface area contributed by atoms with Crippen LogP contribution in [0.15, 0.2) is 77.9 Å². The van der Waals surface area contributed by atoms with Gasteiger partial charge in [0.1, 0.15) is 35.9 Å². The van der Waals surface area contributed by atoms with Crippen molar-refractivity contribution in [1.29, 1.82) is 5.26 Å². The van der Waals surface area contributed by atoms with Gasteiger partial charge in [-0.1, -0.05) is 0 Å². The fourth-order valence-corrected chi connectivity index (χ4v) is 11.3. The molecule has 1 aromatic heterocycles. The summed E-state index contributed by atoms with van der Waals surface area (Å²) in [6.07, 6.45) is 2.27. The standard InChI is InChI=1S/C48H47F3N10O7S.CH2O2/c49-30-15-18-59(26-30)69(66,67)55-40-9-7-38(50)45(36(40)24-52)68-33-5-8-39-35(23-33)48(65)61(28-53-39)32-3-1-31(2-4-32)57-21-19-56(20-22-57)25-29-13-16-58(17-14-29)41-10-6-34-37(44(41)51)27-60(47(34)64)42-11-12-43(62)54-46(42)63;2-1-3/h1-10,23,28-30,42,55H,11-22,25-27H2,(H,54,62,63);1H,(H,2,3)/t30-,42+;/m1./s1. The summed E-state index contributed by atoms with van der Waals surface area (Å²) in [7, 11) is -4.25. The van der Waals surface area contributed by atoms with E-state index in [1.165, 1.54) is 34.0 Å². The van der Waals surface area contributed by atoms with Crippen molar-refractivity contribution in [2.75, 3.05) is 73.4 Å². The number of carbonyl (C=O) groups is 4. The molecule has 5 aromatic rings. The van der Waals surface area contributed by atoms with Crippen LogP contribution in [0.25, 0.3) is 16.6 Å². The second-order valence-corrected chi connectivity index (χ2v) is 19.8. The molecule has 3 N–H and O–H groups in total. The zero-order valence-corrected chi connectivity index (χ0v) is 39.5. The molecule has 4 aromatic carbocycles. The number of hydrogen-bond acceptors (Lipinski definition) is 13. The number of rotatable bonds is 11. The number of imide groups is 1. The highest BCUT2D eigenvalue weighted by Gasteiger charge is 2.41. The SMILES string of the molecule is N#Cc1c(NS(=O)(=O)N2CC[C@@H](F)C2)ccc(F)c1Oc1ccc2ncn(-c3ccc(N4CCN(CC5CCN(c6ccc7c(c6F)CN([C@H]6CCC(=O)NC6=O)C7=O)CC5)CC4)cc3)c(=O)c2c1.O=CO. The highest BCUT2D eigenvalue weighted by molar-refractivity contribution is 7.90. The van der Waals surface area contributed by atoms with Crippen molar-refractivity contribution >= 4 is 62.4 Å². The maximum Gasteiger partial charge on any atom is 0.301 e. The van der Waals surface area contributed by atoms with Gasteiger partial charge in [0.15, 0.2) is 17.4 Å². The van der Waals surface area contributed by atoms with Crippen LogP contribution in [0.3, 0.4) is 0 Å². The third-order valence-electron chi connectivity index (χ3n) is 13.8. The van der Waals surface area contributed by atoms with Crippen molar-refractivity contribution in [3.05, 3.63) is 112 Å². The van der Waals surface area contributed by atoms with Gasteiger partial charge < -0.3 is 24.5 Å². The van der Waals surface area contributed by atoms with E-state index in [1.54, 1.807) is 18.2 Å². The van der Waals surface area contributed by atoms with Crippen LogP contribution in [-0.2, 0) is 31.1 Å². The number of amides is 3. The van der Waals surface area contributed by atoms with Crippen LogP contribution < -0.4 is 30.1 Å². The Kier molecular flexibility index (Phi) is 14.2. The molecule has 23 heteroatoms. The number of nitrogens with zero attached hydrogens (tertiary/aromatic N) is 8. The number of hydrogen-bond donors (Lipinski definition) is 3. The van der Waals surface area contributed by atoms with Crippen molar-refractivity contribution in [3.63, 3.8) is 0 Å². The van der Waals surface area contributed by atoms with Gasteiger partial charge in [-0.2, -0.15) is 18.0 Å². The van der Waals surface area contributed by atoms with E-state index in [9.17, 15) is 37.2 Å². The number of aromatic nitrogens is 2. The molecule has 6 heterocycles. The fraction of sp³-hybridized carbons (Fsp3) is 0.367. The first-order valence-electron chi connectivity index (χ1n) is 23.4. The third-order valence-corrected chi connectivity index (χ3v) is 15.3. The van der Waals surface area contributed by atoms with Crippen LogP contribution >= 0.6 is 0 Å². The molecule has 4 saturated heterocycles. The maximum absolute atomic E-state index is 16.0. The Morgan fingerprint density at radius 2 is 1.61 bits per heavy atom. The summed E-state index contributed by atoms with van der Waals surface area (Å²) in [4.78, 5) is 72.1. The Balaban J connectivity index is 0.00000208. The number of fused-ring (bicyclic) bond motifs is 2. The number of nitriles is 1. The first kappa shape index (κ1) is 49.4. The molecule has 5 aliphatic heterocycles. The molecule has 72 heavy (non-hydrogen) atoms. The van der Waals surface area contributed by atoms with E-state index in [4.69, 9.17) is 14.6 Å². The smallest absolute Gasteiger partial charge is 0.301 e. The summed E-state index contributed by atoms with van der Waals surface area (Å²) < 4.78 is 81.1. The fourth-order valence-electron chi connectivity index (χ4n) is 10.00. The van der Waals surface area contributed by atoms with Gasteiger partial charge in [-0.25, -0.2) is 18.2 Å². The Morgan fingerprint density at radius 1 is 0.889 bits per heavy atom.